The van der Waals surface area contributed by atoms with Gasteiger partial charge < -0.3 is 15.5 Å². The van der Waals surface area contributed by atoms with E-state index in [2.05, 4.69) is 62.7 Å². The second kappa shape index (κ2) is 10.2. The Labute approximate surface area is 140 Å². The van der Waals surface area contributed by atoms with E-state index < -0.39 is 0 Å². The molecule has 1 aliphatic rings. The molecule has 5 heteroatoms. The summed E-state index contributed by atoms with van der Waals surface area (Å²) in [6.07, 6.45) is 1.01. The van der Waals surface area contributed by atoms with E-state index in [-0.39, 0.29) is 0 Å². The molecule has 2 N–H and O–H groups in total. The summed E-state index contributed by atoms with van der Waals surface area (Å²) in [6.45, 7) is 11.1. The zero-order valence-electron chi connectivity index (χ0n) is 14.6. The highest BCUT2D eigenvalue weighted by Gasteiger charge is 2.14. The first-order valence-electron chi connectivity index (χ1n) is 8.75. The van der Waals surface area contributed by atoms with Crippen molar-refractivity contribution >= 4 is 5.96 Å². The smallest absolute Gasteiger partial charge is 0.191 e. The fourth-order valence-electron chi connectivity index (χ4n) is 2.85. The molecule has 2 rings (SSSR count). The van der Waals surface area contributed by atoms with Gasteiger partial charge in [0.15, 0.2) is 5.96 Å². The van der Waals surface area contributed by atoms with Crippen molar-refractivity contribution < 1.29 is 0 Å². The predicted molar refractivity (Wildman–Crippen MR) is 98.1 cm³/mol. The van der Waals surface area contributed by atoms with Crippen molar-refractivity contribution in [1.82, 2.24) is 20.4 Å². The van der Waals surface area contributed by atoms with Gasteiger partial charge in [-0.3, -0.25) is 9.89 Å². The molecule has 0 radical (unpaired) electrons. The number of nitrogens with one attached hydrogen (secondary N) is 2. The lowest BCUT2D eigenvalue weighted by atomic mass is 10.1. The maximum atomic E-state index is 4.29. The molecule has 0 spiro atoms. The highest BCUT2D eigenvalue weighted by Crippen LogP contribution is 2.00. The number of rotatable bonds is 7. The standard InChI is InChI=1S/C18H31N5/c1-3-22-13-15-23(16-14-22)12-11-21-18(19-2)20-10-9-17-7-5-4-6-8-17/h4-8H,3,9-16H2,1-2H3,(H2,19,20,21). The molecule has 0 aliphatic carbocycles. The first-order chi connectivity index (χ1) is 11.3. The maximum Gasteiger partial charge on any atom is 0.191 e. The van der Waals surface area contributed by atoms with Crippen molar-refractivity contribution in [3.8, 4) is 0 Å². The van der Waals surface area contributed by atoms with Crippen LogP contribution >= 0.6 is 0 Å². The molecule has 1 aromatic carbocycles. The van der Waals surface area contributed by atoms with Gasteiger partial charge in [-0.15, -0.1) is 0 Å². The van der Waals surface area contributed by atoms with Crippen molar-refractivity contribution in [2.75, 3.05) is 59.4 Å². The molecule has 1 aliphatic heterocycles. The predicted octanol–water partition coefficient (Wildman–Crippen LogP) is 1.03. The summed E-state index contributed by atoms with van der Waals surface area (Å²) >= 11 is 0. The molecule has 0 bridgehead atoms. The van der Waals surface area contributed by atoms with E-state index in [1.807, 2.05) is 7.05 Å². The number of hydrogen-bond donors (Lipinski definition) is 2. The third kappa shape index (κ3) is 6.59. The molecule has 0 aromatic heterocycles. The molecular formula is C18H31N5. The van der Waals surface area contributed by atoms with Crippen molar-refractivity contribution in [3.63, 3.8) is 0 Å². The van der Waals surface area contributed by atoms with Crippen LogP contribution < -0.4 is 10.6 Å². The summed E-state index contributed by atoms with van der Waals surface area (Å²) in [7, 11) is 1.83. The van der Waals surface area contributed by atoms with Crippen molar-refractivity contribution in [1.29, 1.82) is 0 Å². The second-order valence-electron chi connectivity index (χ2n) is 5.94. The first kappa shape index (κ1) is 17.8. The third-order valence-corrected chi connectivity index (χ3v) is 4.41. The zero-order valence-corrected chi connectivity index (χ0v) is 14.6. The number of likely N-dealkylation sites (N-methyl/N-ethyl adjacent to an activating group) is 1. The molecular weight excluding hydrogens is 286 g/mol. The summed E-state index contributed by atoms with van der Waals surface area (Å²) in [6, 6.07) is 10.5. The van der Waals surface area contributed by atoms with E-state index in [4.69, 9.17) is 0 Å². The highest BCUT2D eigenvalue weighted by molar-refractivity contribution is 5.79. The summed E-state index contributed by atoms with van der Waals surface area (Å²) in [4.78, 5) is 9.33. The molecule has 0 saturated carbocycles. The first-order valence-corrected chi connectivity index (χ1v) is 8.75. The minimum atomic E-state index is 0.896. The molecule has 5 nitrogen and oxygen atoms in total. The number of piperazine rings is 1. The molecule has 1 heterocycles. The van der Waals surface area contributed by atoms with Gasteiger partial charge >= 0.3 is 0 Å². The fraction of sp³-hybridized carbons (Fsp3) is 0.611. The van der Waals surface area contributed by atoms with E-state index in [1.165, 1.54) is 38.3 Å². The summed E-state index contributed by atoms with van der Waals surface area (Å²) in [5, 5.41) is 6.80. The Morgan fingerprint density at radius 2 is 1.65 bits per heavy atom. The highest BCUT2D eigenvalue weighted by atomic mass is 15.3. The van der Waals surface area contributed by atoms with Crippen LogP contribution in [0.2, 0.25) is 0 Å². The van der Waals surface area contributed by atoms with Crippen molar-refractivity contribution in [2.45, 2.75) is 13.3 Å². The largest absolute Gasteiger partial charge is 0.356 e. The van der Waals surface area contributed by atoms with Gasteiger partial charge in [0.2, 0.25) is 0 Å². The van der Waals surface area contributed by atoms with Gasteiger partial charge in [-0.05, 0) is 18.5 Å². The molecule has 0 atom stereocenters. The molecule has 128 valence electrons. The van der Waals surface area contributed by atoms with Crippen LogP contribution in [-0.4, -0.2) is 75.2 Å². The Bertz CT molecular complexity index is 452. The van der Waals surface area contributed by atoms with Crippen LogP contribution in [0.25, 0.3) is 0 Å². The van der Waals surface area contributed by atoms with Crippen LogP contribution in [0.5, 0.6) is 0 Å². The monoisotopic (exact) mass is 317 g/mol. The minimum absolute atomic E-state index is 0.896. The number of hydrogen-bond acceptors (Lipinski definition) is 3. The molecule has 1 saturated heterocycles. The normalized spacial score (nSPS) is 17.2. The van der Waals surface area contributed by atoms with Gasteiger partial charge in [0, 0.05) is 52.9 Å². The average molecular weight is 317 g/mol. The Balaban J connectivity index is 1.58. The summed E-state index contributed by atoms with van der Waals surface area (Å²) in [5.74, 6) is 0.896. The van der Waals surface area contributed by atoms with E-state index in [0.29, 0.717) is 0 Å². The van der Waals surface area contributed by atoms with Crippen LogP contribution in [0, 0.1) is 0 Å². The maximum absolute atomic E-state index is 4.29. The Morgan fingerprint density at radius 3 is 2.30 bits per heavy atom. The van der Waals surface area contributed by atoms with Crippen LogP contribution in [0.1, 0.15) is 12.5 Å². The van der Waals surface area contributed by atoms with Gasteiger partial charge in [-0.25, -0.2) is 0 Å². The average Bonchev–Trinajstić information content (AvgIpc) is 2.62. The Morgan fingerprint density at radius 1 is 1.00 bits per heavy atom. The number of nitrogens with zero attached hydrogens (tertiary/aromatic N) is 3. The Kier molecular flexibility index (Phi) is 7.90. The fourth-order valence-corrected chi connectivity index (χ4v) is 2.85. The summed E-state index contributed by atoms with van der Waals surface area (Å²) in [5.41, 5.74) is 1.35. The van der Waals surface area contributed by atoms with Crippen molar-refractivity contribution in [3.05, 3.63) is 35.9 Å². The van der Waals surface area contributed by atoms with Crippen LogP contribution in [0.3, 0.4) is 0 Å². The van der Waals surface area contributed by atoms with Gasteiger partial charge in [-0.1, -0.05) is 37.3 Å². The van der Waals surface area contributed by atoms with Crippen LogP contribution in [-0.2, 0) is 6.42 Å². The van der Waals surface area contributed by atoms with Crippen molar-refractivity contribution in [2.24, 2.45) is 4.99 Å². The van der Waals surface area contributed by atoms with Gasteiger partial charge in [0.25, 0.3) is 0 Å². The topological polar surface area (TPSA) is 42.9 Å². The van der Waals surface area contributed by atoms with E-state index >= 15 is 0 Å². The number of benzene rings is 1. The van der Waals surface area contributed by atoms with Gasteiger partial charge in [0.05, 0.1) is 0 Å². The molecule has 1 aromatic rings. The van der Waals surface area contributed by atoms with Gasteiger partial charge in [-0.2, -0.15) is 0 Å². The number of aliphatic imine (C=N–C) groups is 1. The van der Waals surface area contributed by atoms with Gasteiger partial charge in [0.1, 0.15) is 0 Å². The van der Waals surface area contributed by atoms with Crippen LogP contribution in [0.4, 0.5) is 0 Å². The zero-order chi connectivity index (χ0) is 16.3. The second-order valence-corrected chi connectivity index (χ2v) is 5.94. The quantitative estimate of drug-likeness (QED) is 0.582. The lowest BCUT2D eigenvalue weighted by Crippen LogP contribution is -2.49. The minimum Gasteiger partial charge on any atom is -0.356 e. The molecule has 0 amide bonds. The van der Waals surface area contributed by atoms with E-state index in [9.17, 15) is 0 Å². The Hall–Kier alpha value is -1.59. The third-order valence-electron chi connectivity index (χ3n) is 4.41. The molecule has 1 fully saturated rings. The summed E-state index contributed by atoms with van der Waals surface area (Å²) < 4.78 is 0. The molecule has 0 unspecified atom stereocenters. The van der Waals surface area contributed by atoms with E-state index in [0.717, 1.165) is 32.0 Å². The van der Waals surface area contributed by atoms with Crippen LogP contribution in [0.15, 0.2) is 35.3 Å². The molecule has 23 heavy (non-hydrogen) atoms. The lowest BCUT2D eigenvalue weighted by Gasteiger charge is -2.34. The van der Waals surface area contributed by atoms with E-state index in [1.54, 1.807) is 0 Å². The lowest BCUT2D eigenvalue weighted by molar-refractivity contribution is 0.139. The SMILES string of the molecule is CCN1CCN(CCNC(=NC)NCCc2ccccc2)CC1. The number of guanidine groups is 1.